The van der Waals surface area contributed by atoms with Gasteiger partial charge in [-0.25, -0.2) is 0 Å². The van der Waals surface area contributed by atoms with Crippen LogP contribution in [0, 0.1) is 6.92 Å². The molecule has 4 heteroatoms. The summed E-state index contributed by atoms with van der Waals surface area (Å²) in [4.78, 5) is 0. The Bertz CT molecular complexity index is 481. The fourth-order valence-electron chi connectivity index (χ4n) is 1.39. The monoisotopic (exact) mass is 285 g/mol. The second-order valence-corrected chi connectivity index (χ2v) is 4.41. The Morgan fingerprint density at radius 1 is 1.47 bits per heavy atom. The average molecular weight is 287 g/mol. The minimum absolute atomic E-state index is 0.378. The summed E-state index contributed by atoms with van der Waals surface area (Å²) in [6.07, 6.45) is 0. The van der Waals surface area contributed by atoms with E-state index >= 15 is 0 Å². The van der Waals surface area contributed by atoms with Gasteiger partial charge >= 0.3 is 0 Å². The third kappa shape index (κ3) is 2.08. The van der Waals surface area contributed by atoms with Crippen molar-refractivity contribution >= 4 is 27.5 Å². The summed E-state index contributed by atoms with van der Waals surface area (Å²) < 4.78 is 6.29. The van der Waals surface area contributed by atoms with Crippen LogP contribution in [0.3, 0.4) is 0 Å². The summed E-state index contributed by atoms with van der Waals surface area (Å²) in [5, 5.41) is 3.92. The molecule has 2 aromatic rings. The normalized spacial score (nSPS) is 10.6. The number of aromatic nitrogens is 1. The maximum atomic E-state index is 5.73. The molecular formula is C11H9BrClNO. The van der Waals surface area contributed by atoms with Crippen LogP contribution >= 0.6 is 27.5 Å². The van der Waals surface area contributed by atoms with Gasteiger partial charge in [0.05, 0.1) is 5.88 Å². The van der Waals surface area contributed by atoms with Crippen molar-refractivity contribution in [2.45, 2.75) is 12.8 Å². The number of alkyl halides is 1. The molecule has 1 heterocycles. The first-order chi connectivity index (χ1) is 7.22. The fourth-order valence-corrected chi connectivity index (χ4v) is 2.04. The number of benzene rings is 1. The van der Waals surface area contributed by atoms with Gasteiger partial charge in [-0.2, -0.15) is 0 Å². The zero-order chi connectivity index (χ0) is 10.8. The summed E-state index contributed by atoms with van der Waals surface area (Å²) in [5.41, 5.74) is 2.81. The van der Waals surface area contributed by atoms with Gasteiger partial charge in [-0.15, -0.1) is 11.6 Å². The molecule has 0 fully saturated rings. The van der Waals surface area contributed by atoms with Crippen LogP contribution in [-0.2, 0) is 5.88 Å². The van der Waals surface area contributed by atoms with Crippen LogP contribution in [-0.4, -0.2) is 5.16 Å². The lowest BCUT2D eigenvalue weighted by atomic mass is 10.1. The molecule has 0 unspecified atom stereocenters. The summed E-state index contributed by atoms with van der Waals surface area (Å²) in [5.74, 6) is 1.16. The molecule has 2 rings (SSSR count). The van der Waals surface area contributed by atoms with Gasteiger partial charge in [-0.3, -0.25) is 0 Å². The largest absolute Gasteiger partial charge is 0.356 e. The molecule has 78 valence electrons. The van der Waals surface area contributed by atoms with Crippen LogP contribution < -0.4 is 0 Å². The molecule has 0 aliphatic rings. The Hall–Kier alpha value is -0.800. The zero-order valence-corrected chi connectivity index (χ0v) is 10.5. The number of hydrogen-bond acceptors (Lipinski definition) is 2. The van der Waals surface area contributed by atoms with Crippen molar-refractivity contribution < 1.29 is 4.52 Å². The first kappa shape index (κ1) is 10.7. The molecular weight excluding hydrogens is 277 g/mol. The summed E-state index contributed by atoms with van der Waals surface area (Å²) in [7, 11) is 0. The number of hydrogen-bond donors (Lipinski definition) is 0. The van der Waals surface area contributed by atoms with E-state index in [0.29, 0.717) is 5.88 Å². The van der Waals surface area contributed by atoms with Gasteiger partial charge in [0.15, 0.2) is 5.76 Å². The lowest BCUT2D eigenvalue weighted by Crippen LogP contribution is -1.82. The highest BCUT2D eigenvalue weighted by Crippen LogP contribution is 2.28. The highest BCUT2D eigenvalue weighted by Gasteiger charge is 2.12. The van der Waals surface area contributed by atoms with E-state index in [-0.39, 0.29) is 0 Å². The van der Waals surface area contributed by atoms with Crippen molar-refractivity contribution in [1.82, 2.24) is 5.16 Å². The summed E-state index contributed by atoms with van der Waals surface area (Å²) in [6.45, 7) is 1.96. The molecule has 1 aromatic carbocycles. The minimum Gasteiger partial charge on any atom is -0.356 e. The second kappa shape index (κ2) is 4.37. The average Bonchev–Trinajstić information content (AvgIpc) is 2.59. The smallest absolute Gasteiger partial charge is 0.170 e. The summed E-state index contributed by atoms with van der Waals surface area (Å²) >= 11 is 9.15. The number of rotatable bonds is 2. The fraction of sp³-hybridized carbons (Fsp3) is 0.182. The molecule has 0 aliphatic carbocycles. The van der Waals surface area contributed by atoms with Gasteiger partial charge in [0, 0.05) is 15.6 Å². The Morgan fingerprint density at radius 2 is 2.27 bits per heavy atom. The molecule has 0 aliphatic heterocycles. The van der Waals surface area contributed by atoms with E-state index in [4.69, 9.17) is 16.1 Å². The van der Waals surface area contributed by atoms with Crippen molar-refractivity contribution in [3.63, 3.8) is 0 Å². The van der Waals surface area contributed by atoms with Crippen LogP contribution in [0.25, 0.3) is 11.3 Å². The Labute approximate surface area is 101 Å². The predicted octanol–water partition coefficient (Wildman–Crippen LogP) is 4.15. The molecule has 0 atom stereocenters. The van der Waals surface area contributed by atoms with Crippen molar-refractivity contribution in [1.29, 1.82) is 0 Å². The molecule has 0 spiro atoms. The highest BCUT2D eigenvalue weighted by molar-refractivity contribution is 9.10. The molecule has 0 N–H and O–H groups in total. The van der Waals surface area contributed by atoms with Crippen LogP contribution in [0.2, 0.25) is 0 Å². The zero-order valence-electron chi connectivity index (χ0n) is 8.13. The maximum absolute atomic E-state index is 5.73. The van der Waals surface area contributed by atoms with Crippen molar-refractivity contribution in [2.75, 3.05) is 0 Å². The number of nitrogens with zero attached hydrogens (tertiary/aromatic N) is 1. The van der Waals surface area contributed by atoms with Crippen LogP contribution in [0.4, 0.5) is 0 Å². The van der Waals surface area contributed by atoms with Crippen molar-refractivity contribution in [2.24, 2.45) is 0 Å². The third-order valence-electron chi connectivity index (χ3n) is 2.23. The Kier molecular flexibility index (Phi) is 3.12. The third-order valence-corrected chi connectivity index (χ3v) is 2.98. The quantitative estimate of drug-likeness (QED) is 0.775. The minimum atomic E-state index is 0.378. The lowest BCUT2D eigenvalue weighted by molar-refractivity contribution is 0.426. The van der Waals surface area contributed by atoms with Crippen molar-refractivity contribution in [3.8, 4) is 11.3 Å². The van der Waals surface area contributed by atoms with Gasteiger partial charge in [0.2, 0.25) is 0 Å². The Balaban J connectivity index is 2.49. The van der Waals surface area contributed by atoms with E-state index in [1.165, 1.54) is 0 Å². The number of halogens is 2. The molecule has 1 aromatic heterocycles. The van der Waals surface area contributed by atoms with E-state index in [1.54, 1.807) is 0 Å². The molecule has 0 amide bonds. The van der Waals surface area contributed by atoms with Gasteiger partial charge in [0.1, 0.15) is 5.69 Å². The standard InChI is InChI=1S/C11H9BrClNO/c1-7-10(6-13)14-15-11(7)8-3-2-4-9(12)5-8/h2-5H,6H2,1H3. The summed E-state index contributed by atoms with van der Waals surface area (Å²) in [6, 6.07) is 7.90. The van der Waals surface area contributed by atoms with E-state index < -0.39 is 0 Å². The Morgan fingerprint density at radius 3 is 2.87 bits per heavy atom. The maximum Gasteiger partial charge on any atom is 0.170 e. The van der Waals surface area contributed by atoms with E-state index in [1.807, 2.05) is 31.2 Å². The van der Waals surface area contributed by atoms with E-state index in [2.05, 4.69) is 21.1 Å². The lowest BCUT2D eigenvalue weighted by Gasteiger charge is -1.98. The topological polar surface area (TPSA) is 26.0 Å². The SMILES string of the molecule is Cc1c(CCl)noc1-c1cccc(Br)c1. The second-order valence-electron chi connectivity index (χ2n) is 3.23. The van der Waals surface area contributed by atoms with Crippen LogP contribution in [0.15, 0.2) is 33.3 Å². The highest BCUT2D eigenvalue weighted by atomic mass is 79.9. The van der Waals surface area contributed by atoms with Gasteiger partial charge < -0.3 is 4.52 Å². The van der Waals surface area contributed by atoms with Crippen LogP contribution in [0.5, 0.6) is 0 Å². The van der Waals surface area contributed by atoms with Gasteiger partial charge in [-0.1, -0.05) is 33.2 Å². The van der Waals surface area contributed by atoms with E-state index in [0.717, 1.165) is 27.1 Å². The molecule has 2 nitrogen and oxygen atoms in total. The van der Waals surface area contributed by atoms with Crippen molar-refractivity contribution in [3.05, 3.63) is 40.0 Å². The molecule has 0 bridgehead atoms. The van der Waals surface area contributed by atoms with Gasteiger partial charge in [-0.05, 0) is 19.1 Å². The van der Waals surface area contributed by atoms with E-state index in [9.17, 15) is 0 Å². The molecule has 0 radical (unpaired) electrons. The molecule has 15 heavy (non-hydrogen) atoms. The predicted molar refractivity (Wildman–Crippen MR) is 63.9 cm³/mol. The van der Waals surface area contributed by atoms with Gasteiger partial charge in [0.25, 0.3) is 0 Å². The van der Waals surface area contributed by atoms with Crippen LogP contribution in [0.1, 0.15) is 11.3 Å². The first-order valence-corrected chi connectivity index (χ1v) is 5.82. The molecule has 0 saturated carbocycles. The molecule has 0 saturated heterocycles. The first-order valence-electron chi connectivity index (χ1n) is 4.49.